The summed E-state index contributed by atoms with van der Waals surface area (Å²) in [6.07, 6.45) is 0.841. The van der Waals surface area contributed by atoms with Gasteiger partial charge in [0.15, 0.2) is 0 Å². The van der Waals surface area contributed by atoms with E-state index in [1.54, 1.807) is 6.82 Å². The Morgan fingerprint density at radius 2 is 0.983 bits per heavy atom. The van der Waals surface area contributed by atoms with E-state index in [0.29, 0.717) is 12.8 Å². The van der Waals surface area contributed by atoms with Crippen LogP contribution in [-0.4, -0.2) is 91.5 Å². The molecule has 58 heavy (non-hydrogen) atoms. The Morgan fingerprint density at radius 3 is 1.36 bits per heavy atom. The first kappa shape index (κ1) is 51.0. The highest BCUT2D eigenvalue weighted by Crippen LogP contribution is 2.21. The summed E-state index contributed by atoms with van der Waals surface area (Å²) in [5.74, 6) is -2.64. The first-order chi connectivity index (χ1) is 27.2. The number of nitrogens with one attached hydrogen (secondary N) is 3. The minimum absolute atomic E-state index is 0. The molecule has 0 heterocycles. The molecule has 4 aromatic rings. The monoisotopic (exact) mass is 818 g/mol. The Bertz CT molecular complexity index is 1770. The third-order valence-electron chi connectivity index (χ3n) is 8.93. The van der Waals surface area contributed by atoms with Crippen molar-refractivity contribution >= 4 is 50.3 Å². The number of carboxylic acid groups (broad SMARTS) is 1. The van der Waals surface area contributed by atoms with E-state index < -0.39 is 50.2 Å². The molecule has 0 spiro atoms. The number of hydrogen-bond donors (Lipinski definition) is 7. The second kappa shape index (κ2) is 27.6. The van der Waals surface area contributed by atoms with Crippen molar-refractivity contribution < 1.29 is 43.8 Å². The molecular weight excluding hydrogens is 762 g/mol. The van der Waals surface area contributed by atoms with E-state index in [2.05, 4.69) is 20.5 Å². The number of ether oxygens (including phenoxy) is 2. The summed E-state index contributed by atoms with van der Waals surface area (Å²) >= 11 is 0. The normalized spacial score (nSPS) is 13.3. The summed E-state index contributed by atoms with van der Waals surface area (Å²) in [5.41, 5.74) is 9.42. The lowest BCUT2D eigenvalue weighted by Crippen LogP contribution is -2.55. The van der Waals surface area contributed by atoms with E-state index in [-0.39, 0.29) is 36.1 Å². The second-order valence-electron chi connectivity index (χ2n) is 13.5. The lowest BCUT2D eigenvalue weighted by Gasteiger charge is -2.27. The van der Waals surface area contributed by atoms with E-state index >= 15 is 0 Å². The smallest absolute Gasteiger partial charge is 0.374 e. The number of carbonyl (C=O) groups excluding carboxylic acids is 3. The summed E-state index contributed by atoms with van der Waals surface area (Å²) in [6.45, 7) is 6.79. The quantitative estimate of drug-likeness (QED) is 0.0599. The molecule has 0 radical (unpaired) electrons. The van der Waals surface area contributed by atoms with Crippen molar-refractivity contribution in [3.05, 3.63) is 144 Å². The summed E-state index contributed by atoms with van der Waals surface area (Å²) in [5, 5.41) is 36.4. The minimum atomic E-state index is -0.961. The first-order valence-electron chi connectivity index (χ1n) is 18.7. The average Bonchev–Trinajstić information content (AvgIpc) is 3.22. The predicted molar refractivity (Wildman–Crippen MR) is 230 cm³/mol. The van der Waals surface area contributed by atoms with Gasteiger partial charge in [0.1, 0.15) is 18.1 Å². The number of aliphatic carboxylic acids is 1. The van der Waals surface area contributed by atoms with Crippen molar-refractivity contribution in [2.45, 2.75) is 76.3 Å². The molecule has 8 N–H and O–H groups in total. The van der Waals surface area contributed by atoms with Crippen LogP contribution >= 0.6 is 12.4 Å². The fourth-order valence-electron chi connectivity index (χ4n) is 5.84. The van der Waals surface area contributed by atoms with Gasteiger partial charge in [-0.25, -0.2) is 4.79 Å². The zero-order valence-electron chi connectivity index (χ0n) is 33.9. The van der Waals surface area contributed by atoms with E-state index in [1.807, 2.05) is 135 Å². The summed E-state index contributed by atoms with van der Waals surface area (Å²) in [6, 6.07) is 35.1. The Morgan fingerprint density at radius 1 is 0.621 bits per heavy atom. The number of esters is 2. The third kappa shape index (κ3) is 18.5. The van der Waals surface area contributed by atoms with Crippen LogP contribution in [0.5, 0.6) is 0 Å². The fourth-order valence-corrected chi connectivity index (χ4v) is 5.84. The maximum atomic E-state index is 13.0. The molecule has 312 valence electrons. The Balaban J connectivity index is 0.000000475. The van der Waals surface area contributed by atoms with Crippen molar-refractivity contribution in [2.75, 3.05) is 14.2 Å². The highest BCUT2D eigenvalue weighted by atomic mass is 35.5. The van der Waals surface area contributed by atoms with Crippen LogP contribution in [0.4, 0.5) is 0 Å². The van der Waals surface area contributed by atoms with Gasteiger partial charge in [-0.15, -0.1) is 12.4 Å². The number of methoxy groups -OCH3 is 2. The maximum Gasteiger partial charge on any atom is 0.374 e. The predicted octanol–water partition coefficient (Wildman–Crippen LogP) is 3.85. The van der Waals surface area contributed by atoms with E-state index in [9.17, 15) is 29.2 Å². The van der Waals surface area contributed by atoms with Gasteiger partial charge in [-0.2, -0.15) is 0 Å². The summed E-state index contributed by atoms with van der Waals surface area (Å²) in [7, 11) is 0.914. The first-order valence-corrected chi connectivity index (χ1v) is 18.7. The lowest BCUT2D eigenvalue weighted by atomic mass is 9.82. The lowest BCUT2D eigenvalue weighted by molar-refractivity contribution is -0.145. The van der Waals surface area contributed by atoms with Gasteiger partial charge in [0.25, 0.3) is 0 Å². The zero-order chi connectivity index (χ0) is 42.3. The van der Waals surface area contributed by atoms with Crippen LogP contribution in [0.15, 0.2) is 121 Å². The largest absolute Gasteiger partial charge is 0.480 e. The van der Waals surface area contributed by atoms with E-state index in [0.717, 1.165) is 22.3 Å². The number of nitrogens with two attached hydrogens (primary N) is 1. The molecule has 0 aromatic heterocycles. The summed E-state index contributed by atoms with van der Waals surface area (Å²) in [4.78, 5) is 47.3. The molecule has 0 aliphatic rings. The van der Waals surface area contributed by atoms with Crippen LogP contribution in [0.2, 0.25) is 13.6 Å². The number of carbonyl (C=O) groups is 4. The van der Waals surface area contributed by atoms with Crippen LogP contribution in [0.1, 0.15) is 47.9 Å². The molecule has 0 saturated carbocycles. The molecule has 0 fully saturated rings. The molecule has 4 rings (SSSR count). The summed E-state index contributed by atoms with van der Waals surface area (Å²) < 4.78 is 9.39. The molecule has 6 atom stereocenters. The highest BCUT2D eigenvalue weighted by molar-refractivity contribution is 6.46. The van der Waals surface area contributed by atoms with Gasteiger partial charge in [-0.3, -0.25) is 14.4 Å². The Kier molecular flexibility index (Phi) is 24.3. The van der Waals surface area contributed by atoms with Crippen LogP contribution in [0.25, 0.3) is 0 Å². The number of amides is 1. The van der Waals surface area contributed by atoms with Gasteiger partial charge < -0.3 is 46.1 Å². The number of carboxylic acids is 1. The molecule has 0 unspecified atom stereocenters. The van der Waals surface area contributed by atoms with Crippen molar-refractivity contribution in [3.8, 4) is 0 Å². The van der Waals surface area contributed by atoms with Crippen molar-refractivity contribution in [1.29, 1.82) is 0 Å². The van der Waals surface area contributed by atoms with Crippen molar-refractivity contribution in [2.24, 2.45) is 5.73 Å². The fraction of sp³-hybridized carbons (Fsp3) is 0.333. The van der Waals surface area contributed by atoms with Crippen LogP contribution in [0.3, 0.4) is 0 Å². The van der Waals surface area contributed by atoms with Crippen molar-refractivity contribution in [1.82, 2.24) is 15.8 Å². The van der Waals surface area contributed by atoms with Gasteiger partial charge in [0, 0.05) is 18.3 Å². The Hall–Kier alpha value is -5.02. The second-order valence-corrected chi connectivity index (χ2v) is 13.5. The minimum Gasteiger partial charge on any atom is -0.480 e. The molecule has 0 aliphatic carbocycles. The van der Waals surface area contributed by atoms with Gasteiger partial charge in [-0.1, -0.05) is 135 Å². The van der Waals surface area contributed by atoms with Gasteiger partial charge in [0.05, 0.1) is 20.3 Å². The number of rotatable bonds is 17. The van der Waals surface area contributed by atoms with Crippen LogP contribution in [0, 0.1) is 0 Å². The highest BCUT2D eigenvalue weighted by Gasteiger charge is 2.32. The van der Waals surface area contributed by atoms with E-state index in [1.165, 1.54) is 21.0 Å². The molecular formula is C42H57B2ClN4O9. The molecule has 16 heteroatoms. The molecule has 0 bridgehead atoms. The SMILES string of the molecule is CB(O)N[C@@H](C(=O)O)[C@H](C)c1ccccc1.COC(=O)[C@@H](Cc1ccccc1)NC(=O)[C@H](NB(C)O)[C@H](C)c1ccccc1.COC(=O)[C@H](N)Cc1ccccc1.Cl. The number of hydrogen-bond acceptors (Lipinski definition) is 11. The van der Waals surface area contributed by atoms with Crippen LogP contribution in [-0.2, 0) is 41.5 Å². The van der Waals surface area contributed by atoms with Crippen molar-refractivity contribution in [3.63, 3.8) is 0 Å². The molecule has 0 saturated heterocycles. The number of benzene rings is 4. The number of halogens is 1. The zero-order valence-corrected chi connectivity index (χ0v) is 34.7. The molecule has 13 nitrogen and oxygen atoms in total. The topological polar surface area (TPSA) is 210 Å². The average molecular weight is 819 g/mol. The Labute approximate surface area is 348 Å². The third-order valence-corrected chi connectivity index (χ3v) is 8.93. The van der Waals surface area contributed by atoms with Gasteiger partial charge in [-0.05, 0) is 42.3 Å². The molecule has 0 aliphatic heterocycles. The van der Waals surface area contributed by atoms with E-state index in [4.69, 9.17) is 15.6 Å². The molecule has 1 amide bonds. The molecule has 4 aromatic carbocycles. The maximum absolute atomic E-state index is 13.0. The van der Waals surface area contributed by atoms with Crippen LogP contribution < -0.4 is 21.5 Å². The van der Waals surface area contributed by atoms with Gasteiger partial charge in [0.2, 0.25) is 5.91 Å². The standard InChI is InChI=1S/C21H27BN2O4.C11H16BNO3.C10H13NO2.ClH/c1-15(17-12-8-5-9-13-17)19(24-22(2)27)20(25)23-18(21(26)28-3)14-16-10-6-4-7-11-16;1-8(9-6-4-3-5-7-9)10(11(14)15)13-12(2)16;1-13-10(12)9(11)7-8-5-3-2-4-6-8;/h4-13,15,18-19,24,27H,14H2,1-3H3,(H,23,25);3-8,10,13,16H,1-2H3,(H,14,15);2-6,9H,7,11H2,1H3;1H/t15-,18-,19-;8-,10-;9-;/m111./s1. The van der Waals surface area contributed by atoms with Gasteiger partial charge >= 0.3 is 32.0 Å².